The predicted molar refractivity (Wildman–Crippen MR) is 104 cm³/mol. The first kappa shape index (κ1) is 18.4. The van der Waals surface area contributed by atoms with Gasteiger partial charge >= 0.3 is 0 Å². The van der Waals surface area contributed by atoms with Gasteiger partial charge in [0.15, 0.2) is 0 Å². The van der Waals surface area contributed by atoms with Crippen LogP contribution in [0.5, 0.6) is 0 Å². The topological polar surface area (TPSA) is 74.8 Å². The first-order valence-corrected chi connectivity index (χ1v) is 10.7. The molecule has 0 radical (unpaired) electrons. The molecule has 0 spiro atoms. The Morgan fingerprint density at radius 1 is 1.04 bits per heavy atom. The number of nitrogens with one attached hydrogen (secondary N) is 1. The van der Waals surface area contributed by atoms with Crippen LogP contribution in [-0.2, 0) is 34.5 Å². The third-order valence-electron chi connectivity index (χ3n) is 5.05. The maximum atomic E-state index is 12.5. The highest BCUT2D eigenvalue weighted by molar-refractivity contribution is 7.87. The lowest BCUT2D eigenvalue weighted by Gasteiger charge is -2.31. The number of nitrogens with zero attached hydrogens (tertiary/aromatic N) is 3. The SMILES string of the molecule is O=S(=O)(NCc1cccnc1N1CCc2ccccc2C1)N1CCOCC1. The zero-order valence-corrected chi connectivity index (χ0v) is 16.0. The Balaban J connectivity index is 1.49. The smallest absolute Gasteiger partial charge is 0.279 e. The first-order valence-electron chi connectivity index (χ1n) is 9.21. The third-order valence-corrected chi connectivity index (χ3v) is 6.61. The van der Waals surface area contributed by atoms with Crippen molar-refractivity contribution >= 4 is 16.0 Å². The van der Waals surface area contributed by atoms with E-state index in [9.17, 15) is 8.42 Å². The maximum Gasteiger partial charge on any atom is 0.279 e. The lowest BCUT2D eigenvalue weighted by Crippen LogP contribution is -2.46. The van der Waals surface area contributed by atoms with Crippen molar-refractivity contribution in [3.63, 3.8) is 0 Å². The number of morpholine rings is 1. The molecule has 2 aliphatic rings. The summed E-state index contributed by atoms with van der Waals surface area (Å²) in [4.78, 5) is 6.77. The summed E-state index contributed by atoms with van der Waals surface area (Å²) in [6.45, 7) is 3.53. The molecular weight excluding hydrogens is 364 g/mol. The van der Waals surface area contributed by atoms with Gasteiger partial charge in [0, 0.05) is 44.5 Å². The number of hydrogen-bond acceptors (Lipinski definition) is 5. The van der Waals surface area contributed by atoms with Crippen LogP contribution in [0.4, 0.5) is 5.82 Å². The molecule has 7 nitrogen and oxygen atoms in total. The molecule has 8 heteroatoms. The van der Waals surface area contributed by atoms with Crippen molar-refractivity contribution < 1.29 is 13.2 Å². The fourth-order valence-corrected chi connectivity index (χ4v) is 4.73. The number of hydrogen-bond donors (Lipinski definition) is 1. The van der Waals surface area contributed by atoms with Gasteiger partial charge in [0.05, 0.1) is 13.2 Å². The largest absolute Gasteiger partial charge is 0.379 e. The molecule has 3 heterocycles. The van der Waals surface area contributed by atoms with Gasteiger partial charge in [0.2, 0.25) is 0 Å². The van der Waals surface area contributed by atoms with E-state index in [0.29, 0.717) is 26.3 Å². The zero-order valence-electron chi connectivity index (χ0n) is 15.2. The van der Waals surface area contributed by atoms with Crippen molar-refractivity contribution in [2.75, 3.05) is 37.7 Å². The second-order valence-electron chi connectivity index (χ2n) is 6.76. The van der Waals surface area contributed by atoms with Crippen LogP contribution in [0.15, 0.2) is 42.6 Å². The van der Waals surface area contributed by atoms with E-state index in [0.717, 1.165) is 30.9 Å². The molecule has 1 aromatic heterocycles. The molecular formula is C19H24N4O3S. The van der Waals surface area contributed by atoms with E-state index in [1.54, 1.807) is 6.20 Å². The molecule has 1 saturated heterocycles. The van der Waals surface area contributed by atoms with Crippen LogP contribution < -0.4 is 9.62 Å². The number of fused-ring (bicyclic) bond motifs is 1. The lowest BCUT2D eigenvalue weighted by atomic mass is 9.99. The highest BCUT2D eigenvalue weighted by atomic mass is 32.2. The van der Waals surface area contributed by atoms with Gasteiger partial charge in [-0.25, -0.2) is 4.98 Å². The molecule has 27 heavy (non-hydrogen) atoms. The summed E-state index contributed by atoms with van der Waals surface area (Å²) in [6, 6.07) is 12.2. The zero-order chi connectivity index (χ0) is 18.7. The molecule has 2 aromatic rings. The van der Waals surface area contributed by atoms with E-state index >= 15 is 0 Å². The molecule has 1 aromatic carbocycles. The fourth-order valence-electron chi connectivity index (χ4n) is 3.58. The first-order chi connectivity index (χ1) is 13.1. The Hall–Kier alpha value is -2.00. The minimum atomic E-state index is -3.52. The Labute approximate surface area is 160 Å². The Kier molecular flexibility index (Phi) is 5.40. The molecule has 1 fully saturated rings. The van der Waals surface area contributed by atoms with Crippen LogP contribution in [0.25, 0.3) is 0 Å². The van der Waals surface area contributed by atoms with Crippen LogP contribution in [0.2, 0.25) is 0 Å². The van der Waals surface area contributed by atoms with Crippen LogP contribution in [-0.4, -0.2) is 50.6 Å². The summed E-state index contributed by atoms with van der Waals surface area (Å²) in [5.74, 6) is 0.844. The van der Waals surface area contributed by atoms with E-state index in [2.05, 4.69) is 38.9 Å². The summed E-state index contributed by atoms with van der Waals surface area (Å²) in [6.07, 6.45) is 2.72. The molecule has 0 bridgehead atoms. The molecule has 2 aliphatic heterocycles. The minimum Gasteiger partial charge on any atom is -0.379 e. The molecule has 144 valence electrons. The number of benzene rings is 1. The van der Waals surface area contributed by atoms with Gasteiger partial charge in [-0.15, -0.1) is 0 Å². The molecule has 4 rings (SSSR count). The van der Waals surface area contributed by atoms with Gasteiger partial charge in [-0.05, 0) is 23.6 Å². The quantitative estimate of drug-likeness (QED) is 0.836. The van der Waals surface area contributed by atoms with Gasteiger partial charge < -0.3 is 9.64 Å². The van der Waals surface area contributed by atoms with E-state index < -0.39 is 10.2 Å². The fraction of sp³-hybridized carbons (Fsp3) is 0.421. The summed E-state index contributed by atoms with van der Waals surface area (Å²) >= 11 is 0. The van der Waals surface area contributed by atoms with Crippen LogP contribution >= 0.6 is 0 Å². The summed E-state index contributed by atoms with van der Waals surface area (Å²) in [7, 11) is -3.52. The van der Waals surface area contributed by atoms with Gasteiger partial charge in [-0.3, -0.25) is 0 Å². The second-order valence-corrected chi connectivity index (χ2v) is 8.52. The molecule has 0 saturated carbocycles. The number of anilines is 1. The Morgan fingerprint density at radius 2 is 1.81 bits per heavy atom. The highest BCUT2D eigenvalue weighted by Crippen LogP contribution is 2.25. The van der Waals surface area contributed by atoms with Crippen molar-refractivity contribution in [3.8, 4) is 0 Å². The van der Waals surface area contributed by atoms with Crippen molar-refractivity contribution in [1.82, 2.24) is 14.0 Å². The average molecular weight is 388 g/mol. The van der Waals surface area contributed by atoms with Crippen LogP contribution in [0.3, 0.4) is 0 Å². The van der Waals surface area contributed by atoms with Gasteiger partial charge in [0.25, 0.3) is 10.2 Å². The van der Waals surface area contributed by atoms with Crippen molar-refractivity contribution in [2.45, 2.75) is 19.5 Å². The van der Waals surface area contributed by atoms with E-state index in [1.807, 2.05) is 12.1 Å². The molecule has 1 N–H and O–H groups in total. The van der Waals surface area contributed by atoms with Gasteiger partial charge in [-0.2, -0.15) is 17.4 Å². The number of aromatic nitrogens is 1. The molecule has 0 amide bonds. The minimum absolute atomic E-state index is 0.223. The number of rotatable bonds is 5. The summed E-state index contributed by atoms with van der Waals surface area (Å²) < 4.78 is 34.5. The van der Waals surface area contributed by atoms with Crippen molar-refractivity contribution in [1.29, 1.82) is 0 Å². The Bertz CT molecular complexity index is 897. The number of ether oxygens (including phenoxy) is 1. The Morgan fingerprint density at radius 3 is 2.63 bits per heavy atom. The highest BCUT2D eigenvalue weighted by Gasteiger charge is 2.25. The molecule has 0 unspecified atom stereocenters. The van der Waals surface area contributed by atoms with Crippen LogP contribution in [0, 0.1) is 0 Å². The monoisotopic (exact) mass is 388 g/mol. The van der Waals surface area contributed by atoms with Gasteiger partial charge in [-0.1, -0.05) is 30.3 Å². The predicted octanol–water partition coefficient (Wildman–Crippen LogP) is 1.31. The second kappa shape index (κ2) is 7.93. The third kappa shape index (κ3) is 4.14. The van der Waals surface area contributed by atoms with Crippen molar-refractivity contribution in [2.24, 2.45) is 0 Å². The van der Waals surface area contributed by atoms with Crippen molar-refractivity contribution in [3.05, 3.63) is 59.3 Å². The number of pyridine rings is 1. The van der Waals surface area contributed by atoms with E-state index in [-0.39, 0.29) is 6.54 Å². The van der Waals surface area contributed by atoms with Crippen LogP contribution in [0.1, 0.15) is 16.7 Å². The van der Waals surface area contributed by atoms with E-state index in [1.165, 1.54) is 15.4 Å². The molecule has 0 atom stereocenters. The maximum absolute atomic E-state index is 12.5. The van der Waals surface area contributed by atoms with Gasteiger partial charge in [0.1, 0.15) is 5.82 Å². The summed E-state index contributed by atoms with van der Waals surface area (Å²) in [5.41, 5.74) is 3.56. The standard InChI is InChI=1S/C19H24N4O3S/c24-27(25,23-10-12-26-13-11-23)21-14-17-6-3-8-20-19(17)22-9-7-16-4-1-2-5-18(16)15-22/h1-6,8,21H,7,9-15H2. The van der Waals surface area contributed by atoms with E-state index in [4.69, 9.17) is 4.74 Å². The normalized spacial score (nSPS) is 18.3. The summed E-state index contributed by atoms with van der Waals surface area (Å²) in [5, 5.41) is 0. The average Bonchev–Trinajstić information content (AvgIpc) is 2.73. The lowest BCUT2D eigenvalue weighted by molar-refractivity contribution is 0.0725. The molecule has 0 aliphatic carbocycles.